The van der Waals surface area contributed by atoms with Crippen molar-refractivity contribution in [3.05, 3.63) is 70.6 Å². The van der Waals surface area contributed by atoms with Crippen molar-refractivity contribution in [3.8, 4) is 11.1 Å². The zero-order valence-corrected chi connectivity index (χ0v) is 15.9. The van der Waals surface area contributed by atoms with Crippen molar-refractivity contribution in [1.82, 2.24) is 5.32 Å². The summed E-state index contributed by atoms with van der Waals surface area (Å²) in [5.74, 6) is -0.993. The number of hydrogen-bond donors (Lipinski definition) is 1. The van der Waals surface area contributed by atoms with E-state index in [0.717, 1.165) is 5.39 Å². The lowest BCUT2D eigenvalue weighted by atomic mass is 10.0. The van der Waals surface area contributed by atoms with E-state index in [-0.39, 0.29) is 11.8 Å². The second kappa shape index (κ2) is 8.08. The van der Waals surface area contributed by atoms with Crippen LogP contribution >= 0.6 is 0 Å². The van der Waals surface area contributed by atoms with Gasteiger partial charge in [0.25, 0.3) is 5.91 Å². The highest BCUT2D eigenvalue weighted by Crippen LogP contribution is 2.21. The van der Waals surface area contributed by atoms with Crippen LogP contribution in [0.3, 0.4) is 0 Å². The number of benzene rings is 2. The molecule has 1 aromatic heterocycles. The lowest BCUT2D eigenvalue weighted by Crippen LogP contribution is -2.45. The van der Waals surface area contributed by atoms with E-state index in [2.05, 4.69) is 5.32 Å². The minimum atomic E-state index is -0.732. The first-order chi connectivity index (χ1) is 13.4. The van der Waals surface area contributed by atoms with Crippen molar-refractivity contribution in [2.24, 2.45) is 5.92 Å². The standard InChI is InChI=1S/C22H21NO5/c1-13(2)19(22(26)27-3)23-20(24)15-10-8-14(9-11-15)17-12-16-6-4-5-7-18(16)28-21(17)25/h4-13,19H,1-3H3,(H,23,24)/t19-/m1/s1. The molecule has 1 amide bonds. The fraction of sp³-hybridized carbons (Fsp3) is 0.227. The van der Waals surface area contributed by atoms with E-state index in [0.29, 0.717) is 22.3 Å². The van der Waals surface area contributed by atoms with E-state index in [9.17, 15) is 14.4 Å². The van der Waals surface area contributed by atoms with Crippen LogP contribution in [0.5, 0.6) is 0 Å². The molecule has 0 saturated carbocycles. The minimum Gasteiger partial charge on any atom is -0.467 e. The highest BCUT2D eigenvalue weighted by molar-refractivity contribution is 5.97. The zero-order chi connectivity index (χ0) is 20.3. The van der Waals surface area contributed by atoms with Crippen molar-refractivity contribution < 1.29 is 18.7 Å². The predicted molar refractivity (Wildman–Crippen MR) is 106 cm³/mol. The summed E-state index contributed by atoms with van der Waals surface area (Å²) in [7, 11) is 1.29. The summed E-state index contributed by atoms with van der Waals surface area (Å²) < 4.78 is 10.1. The molecule has 0 fully saturated rings. The van der Waals surface area contributed by atoms with E-state index < -0.39 is 17.6 Å². The molecule has 1 atom stereocenters. The van der Waals surface area contributed by atoms with Crippen LogP contribution in [0.15, 0.2) is 63.8 Å². The molecule has 28 heavy (non-hydrogen) atoms. The maximum absolute atomic E-state index is 12.5. The molecule has 0 aliphatic carbocycles. The maximum atomic E-state index is 12.5. The Morgan fingerprint density at radius 1 is 1.04 bits per heavy atom. The Morgan fingerprint density at radius 2 is 1.71 bits per heavy atom. The number of para-hydroxylation sites is 1. The molecular formula is C22H21NO5. The molecule has 3 aromatic rings. The van der Waals surface area contributed by atoms with Gasteiger partial charge in [0.1, 0.15) is 11.6 Å². The second-order valence-electron chi connectivity index (χ2n) is 6.78. The SMILES string of the molecule is COC(=O)[C@H](NC(=O)c1ccc(-c2cc3ccccc3oc2=O)cc1)C(C)C. The first-order valence-corrected chi connectivity index (χ1v) is 8.92. The summed E-state index contributed by atoms with van der Waals surface area (Å²) in [4.78, 5) is 36.6. The Morgan fingerprint density at radius 3 is 2.36 bits per heavy atom. The number of fused-ring (bicyclic) bond motifs is 1. The first-order valence-electron chi connectivity index (χ1n) is 8.92. The van der Waals surface area contributed by atoms with Crippen molar-refractivity contribution in [2.45, 2.75) is 19.9 Å². The van der Waals surface area contributed by atoms with Crippen LogP contribution in [0.2, 0.25) is 0 Å². The molecule has 0 aliphatic rings. The summed E-state index contributed by atoms with van der Waals surface area (Å²) in [6.07, 6.45) is 0. The van der Waals surface area contributed by atoms with E-state index in [1.165, 1.54) is 7.11 Å². The van der Waals surface area contributed by atoms with Gasteiger partial charge in [-0.15, -0.1) is 0 Å². The van der Waals surface area contributed by atoms with Gasteiger partial charge >= 0.3 is 11.6 Å². The van der Waals surface area contributed by atoms with Gasteiger partial charge in [0.15, 0.2) is 0 Å². The van der Waals surface area contributed by atoms with Crippen molar-refractivity contribution >= 4 is 22.8 Å². The van der Waals surface area contributed by atoms with Gasteiger partial charge in [-0.1, -0.05) is 44.2 Å². The number of ether oxygens (including phenoxy) is 1. The molecule has 0 bridgehead atoms. The van der Waals surface area contributed by atoms with Crippen LogP contribution in [0.4, 0.5) is 0 Å². The lowest BCUT2D eigenvalue weighted by molar-refractivity contribution is -0.144. The highest BCUT2D eigenvalue weighted by atomic mass is 16.5. The maximum Gasteiger partial charge on any atom is 0.344 e. The molecule has 2 aromatic carbocycles. The minimum absolute atomic E-state index is 0.113. The lowest BCUT2D eigenvalue weighted by Gasteiger charge is -2.19. The molecule has 0 unspecified atom stereocenters. The van der Waals surface area contributed by atoms with Gasteiger partial charge in [0.05, 0.1) is 12.7 Å². The molecule has 3 rings (SSSR count). The number of methoxy groups -OCH3 is 1. The van der Waals surface area contributed by atoms with Crippen LogP contribution in [-0.4, -0.2) is 25.0 Å². The summed E-state index contributed by atoms with van der Waals surface area (Å²) >= 11 is 0. The van der Waals surface area contributed by atoms with Crippen LogP contribution in [0, 0.1) is 5.92 Å². The molecular weight excluding hydrogens is 358 g/mol. The topological polar surface area (TPSA) is 85.6 Å². The Kier molecular flexibility index (Phi) is 5.59. The number of rotatable bonds is 5. The van der Waals surface area contributed by atoms with Crippen LogP contribution in [-0.2, 0) is 9.53 Å². The number of esters is 1. The predicted octanol–water partition coefficient (Wildman–Crippen LogP) is 3.39. The first kappa shape index (κ1) is 19.4. The Labute approximate surface area is 162 Å². The molecule has 1 heterocycles. The fourth-order valence-corrected chi connectivity index (χ4v) is 2.91. The third-order valence-corrected chi connectivity index (χ3v) is 4.51. The molecule has 6 heteroatoms. The zero-order valence-electron chi connectivity index (χ0n) is 15.9. The summed E-state index contributed by atoms with van der Waals surface area (Å²) in [5, 5.41) is 3.50. The smallest absolute Gasteiger partial charge is 0.344 e. The Balaban J connectivity index is 1.85. The van der Waals surface area contributed by atoms with Gasteiger partial charge < -0.3 is 14.5 Å². The van der Waals surface area contributed by atoms with E-state index in [1.807, 2.05) is 26.0 Å². The van der Waals surface area contributed by atoms with Gasteiger partial charge in [0.2, 0.25) is 0 Å². The summed E-state index contributed by atoms with van der Waals surface area (Å²) in [6, 6.07) is 14.9. The van der Waals surface area contributed by atoms with Gasteiger partial charge in [-0.05, 0) is 35.7 Å². The molecule has 6 nitrogen and oxygen atoms in total. The second-order valence-corrected chi connectivity index (χ2v) is 6.78. The van der Waals surface area contributed by atoms with E-state index >= 15 is 0 Å². The monoisotopic (exact) mass is 379 g/mol. The molecule has 144 valence electrons. The van der Waals surface area contributed by atoms with Gasteiger partial charge in [-0.3, -0.25) is 4.79 Å². The van der Waals surface area contributed by atoms with Gasteiger partial charge in [-0.25, -0.2) is 9.59 Å². The third-order valence-electron chi connectivity index (χ3n) is 4.51. The summed E-state index contributed by atoms with van der Waals surface area (Å²) in [6.45, 7) is 3.65. The van der Waals surface area contributed by atoms with Gasteiger partial charge in [0, 0.05) is 10.9 Å². The highest BCUT2D eigenvalue weighted by Gasteiger charge is 2.25. The molecule has 1 N–H and O–H groups in total. The van der Waals surface area contributed by atoms with E-state index in [4.69, 9.17) is 9.15 Å². The third kappa shape index (κ3) is 3.96. The van der Waals surface area contributed by atoms with E-state index in [1.54, 1.807) is 42.5 Å². The van der Waals surface area contributed by atoms with Crippen LogP contribution < -0.4 is 10.9 Å². The number of nitrogens with one attached hydrogen (secondary N) is 1. The largest absolute Gasteiger partial charge is 0.467 e. The molecule has 0 spiro atoms. The van der Waals surface area contributed by atoms with Crippen LogP contribution in [0.25, 0.3) is 22.1 Å². The quantitative estimate of drug-likeness (QED) is 0.542. The van der Waals surface area contributed by atoms with Crippen molar-refractivity contribution in [1.29, 1.82) is 0 Å². The molecule has 0 saturated heterocycles. The van der Waals surface area contributed by atoms with Crippen LogP contribution in [0.1, 0.15) is 24.2 Å². The fourth-order valence-electron chi connectivity index (χ4n) is 2.91. The number of carbonyl (C=O) groups is 2. The Bertz CT molecular complexity index is 1070. The van der Waals surface area contributed by atoms with Crippen molar-refractivity contribution in [3.63, 3.8) is 0 Å². The Hall–Kier alpha value is -3.41. The number of amides is 1. The normalized spacial score (nSPS) is 12.0. The van der Waals surface area contributed by atoms with Crippen molar-refractivity contribution in [2.75, 3.05) is 7.11 Å². The average molecular weight is 379 g/mol. The number of carbonyl (C=O) groups excluding carboxylic acids is 2. The van der Waals surface area contributed by atoms with Gasteiger partial charge in [-0.2, -0.15) is 0 Å². The summed E-state index contributed by atoms with van der Waals surface area (Å²) in [5.41, 5.74) is 1.52. The molecule has 0 aliphatic heterocycles. The average Bonchev–Trinajstić information content (AvgIpc) is 2.70. The number of hydrogen-bond acceptors (Lipinski definition) is 5. The molecule has 0 radical (unpaired) electrons.